The molecule has 0 aromatic rings. The molecule has 0 bridgehead atoms. The molecule has 1 rings (SSSR count). The molecule has 0 radical (unpaired) electrons. The van der Waals surface area contributed by atoms with E-state index in [4.69, 9.17) is 5.84 Å². The van der Waals surface area contributed by atoms with E-state index in [1.165, 1.54) is 32.1 Å². The molecule has 0 spiro atoms. The molecule has 0 aromatic carbocycles. The number of hydrogen-bond acceptors (Lipinski definition) is 2. The zero-order valence-corrected chi connectivity index (χ0v) is 10.1. The van der Waals surface area contributed by atoms with E-state index in [1.54, 1.807) is 0 Å². The molecule has 2 N–H and O–H groups in total. The van der Waals surface area contributed by atoms with E-state index in [9.17, 15) is 0 Å². The first-order chi connectivity index (χ1) is 4.65. The Morgan fingerprint density at radius 2 is 1.70 bits per heavy atom. The molecule has 0 atom stereocenters. The van der Waals surface area contributed by atoms with Gasteiger partial charge in [-0.05, 0) is 12.8 Å². The minimum absolute atomic E-state index is 0.247. The number of halogens is 2. The Bertz CT molecular complexity index is 110. The Labute approximate surface area is 89.5 Å². The molecule has 2 nitrogen and oxygen atoms in total. The maximum absolute atomic E-state index is 5.71. The third kappa shape index (κ3) is 2.18. The molecule has 0 unspecified atom stereocenters. The highest BCUT2D eigenvalue weighted by atomic mass is 127. The molecular weight excluding hydrogens is 354 g/mol. The maximum Gasteiger partial charge on any atom is 0.0966 e. The topological polar surface area (TPSA) is 29.3 Å². The van der Waals surface area contributed by atoms with Crippen LogP contribution in [0.5, 0.6) is 0 Å². The van der Waals surface area contributed by atoms with E-state index in [0.717, 1.165) is 0 Å². The molecular formula is C6H12I2N2. The van der Waals surface area contributed by atoms with Crippen molar-refractivity contribution in [2.45, 2.75) is 35.6 Å². The summed E-state index contributed by atoms with van der Waals surface area (Å²) in [6.45, 7) is 0. The molecule has 0 aliphatic heterocycles. The summed E-state index contributed by atoms with van der Waals surface area (Å²) in [4.78, 5) is 0. The molecule has 4 heteroatoms. The molecule has 0 saturated heterocycles. The van der Waals surface area contributed by atoms with Crippen molar-refractivity contribution >= 4 is 45.5 Å². The van der Waals surface area contributed by atoms with Crippen molar-refractivity contribution in [1.82, 2.24) is 3.22 Å². The maximum atomic E-state index is 5.71. The van der Waals surface area contributed by atoms with E-state index in [-0.39, 0.29) is 3.55 Å². The van der Waals surface area contributed by atoms with Gasteiger partial charge in [-0.25, -0.2) is 0 Å². The van der Waals surface area contributed by atoms with Crippen LogP contribution in [0, 0.1) is 0 Å². The molecule has 1 fully saturated rings. The quantitative estimate of drug-likeness (QED) is 0.193. The number of nitrogens with two attached hydrogens (primary N) is 1. The second kappa shape index (κ2) is 3.86. The fraction of sp³-hybridized carbons (Fsp3) is 1.00. The van der Waals surface area contributed by atoms with E-state index >= 15 is 0 Å². The monoisotopic (exact) mass is 366 g/mol. The molecule has 1 saturated carbocycles. The standard InChI is InChI=1S/C6H12I2N2/c7-6(10(8)9)4-2-1-3-5-6/h1-5,9H2. The van der Waals surface area contributed by atoms with Crippen LogP contribution < -0.4 is 5.84 Å². The summed E-state index contributed by atoms with van der Waals surface area (Å²) >= 11 is 4.66. The second-order valence-electron chi connectivity index (χ2n) is 2.79. The van der Waals surface area contributed by atoms with Crippen LogP contribution in [0.1, 0.15) is 32.1 Å². The Morgan fingerprint density at radius 3 is 2.00 bits per heavy atom. The van der Waals surface area contributed by atoms with Crippen molar-refractivity contribution < 1.29 is 0 Å². The van der Waals surface area contributed by atoms with Crippen LogP contribution in [0.3, 0.4) is 0 Å². The lowest BCUT2D eigenvalue weighted by Crippen LogP contribution is -2.42. The number of hydrazine groups is 1. The van der Waals surface area contributed by atoms with Gasteiger partial charge in [-0.15, -0.1) is 0 Å². The number of hydrogen-bond donors (Lipinski definition) is 1. The molecule has 60 valence electrons. The molecule has 10 heavy (non-hydrogen) atoms. The lowest BCUT2D eigenvalue weighted by Gasteiger charge is -2.35. The molecule has 1 aliphatic rings. The van der Waals surface area contributed by atoms with Crippen molar-refractivity contribution in [3.05, 3.63) is 0 Å². The van der Waals surface area contributed by atoms with Gasteiger partial charge in [0.05, 0.1) is 3.55 Å². The third-order valence-corrected chi connectivity index (χ3v) is 5.45. The van der Waals surface area contributed by atoms with Crippen molar-refractivity contribution in [3.63, 3.8) is 0 Å². The zero-order valence-electron chi connectivity index (χ0n) is 5.82. The van der Waals surface area contributed by atoms with Crippen LogP contribution in [0.15, 0.2) is 0 Å². The van der Waals surface area contributed by atoms with E-state index in [0.29, 0.717) is 0 Å². The minimum Gasteiger partial charge on any atom is -0.258 e. The van der Waals surface area contributed by atoms with Crippen LogP contribution in [0.25, 0.3) is 0 Å². The summed E-state index contributed by atoms with van der Waals surface area (Å²) in [5.74, 6) is 5.71. The van der Waals surface area contributed by atoms with Gasteiger partial charge < -0.3 is 0 Å². The number of nitrogens with zero attached hydrogens (tertiary/aromatic N) is 1. The highest BCUT2D eigenvalue weighted by molar-refractivity contribution is 14.1. The Kier molecular flexibility index (Phi) is 3.66. The summed E-state index contributed by atoms with van der Waals surface area (Å²) in [5, 5.41) is 0. The average molecular weight is 366 g/mol. The van der Waals surface area contributed by atoms with Gasteiger partial charge >= 0.3 is 0 Å². The van der Waals surface area contributed by atoms with Crippen LogP contribution in [-0.4, -0.2) is 6.77 Å². The van der Waals surface area contributed by atoms with Crippen LogP contribution in [-0.2, 0) is 0 Å². The van der Waals surface area contributed by atoms with E-state index in [2.05, 4.69) is 45.5 Å². The van der Waals surface area contributed by atoms with E-state index < -0.39 is 0 Å². The summed E-state index contributed by atoms with van der Waals surface area (Å²) in [7, 11) is 0. The third-order valence-electron chi connectivity index (χ3n) is 2.00. The van der Waals surface area contributed by atoms with Gasteiger partial charge in [-0.2, -0.15) is 3.22 Å². The first-order valence-electron chi connectivity index (χ1n) is 3.55. The van der Waals surface area contributed by atoms with Gasteiger partial charge in [0.2, 0.25) is 0 Å². The Hall–Kier alpha value is 1.38. The molecule has 0 heterocycles. The normalized spacial score (nSPS) is 25.2. The number of rotatable bonds is 1. The van der Waals surface area contributed by atoms with Crippen LogP contribution in [0.2, 0.25) is 0 Å². The Morgan fingerprint density at radius 1 is 1.20 bits per heavy atom. The van der Waals surface area contributed by atoms with Crippen LogP contribution in [0.4, 0.5) is 0 Å². The highest BCUT2D eigenvalue weighted by Crippen LogP contribution is 2.39. The molecule has 0 aromatic heterocycles. The Balaban J connectivity index is 2.48. The fourth-order valence-corrected chi connectivity index (χ4v) is 2.55. The van der Waals surface area contributed by atoms with Crippen molar-refractivity contribution in [2.24, 2.45) is 5.84 Å². The van der Waals surface area contributed by atoms with Crippen molar-refractivity contribution in [1.29, 1.82) is 0 Å². The van der Waals surface area contributed by atoms with Crippen molar-refractivity contribution in [3.8, 4) is 0 Å². The van der Waals surface area contributed by atoms with Gasteiger partial charge in [-0.1, -0.05) is 41.9 Å². The average Bonchev–Trinajstić information content (AvgIpc) is 1.89. The largest absolute Gasteiger partial charge is 0.258 e. The first-order valence-corrected chi connectivity index (χ1v) is 5.59. The van der Waals surface area contributed by atoms with Crippen LogP contribution >= 0.6 is 45.5 Å². The minimum atomic E-state index is 0.247. The van der Waals surface area contributed by atoms with Crippen molar-refractivity contribution in [2.75, 3.05) is 0 Å². The predicted molar refractivity (Wildman–Crippen MR) is 59.9 cm³/mol. The highest BCUT2D eigenvalue weighted by Gasteiger charge is 2.32. The first kappa shape index (κ1) is 9.47. The summed E-state index contributed by atoms with van der Waals surface area (Å²) in [5.41, 5.74) is 0. The van der Waals surface area contributed by atoms with Gasteiger partial charge in [0.1, 0.15) is 0 Å². The zero-order chi connectivity index (χ0) is 7.61. The van der Waals surface area contributed by atoms with Gasteiger partial charge in [0.15, 0.2) is 0 Å². The van der Waals surface area contributed by atoms with E-state index in [1.807, 2.05) is 3.22 Å². The smallest absolute Gasteiger partial charge is 0.0966 e. The van der Waals surface area contributed by atoms with Gasteiger partial charge in [-0.3, -0.25) is 5.84 Å². The SMILES string of the molecule is NN(I)C1(I)CCCCC1. The summed E-state index contributed by atoms with van der Waals surface area (Å²) in [6.07, 6.45) is 6.54. The number of alkyl halides is 1. The molecule has 1 aliphatic carbocycles. The second-order valence-corrected chi connectivity index (χ2v) is 5.84. The summed E-state index contributed by atoms with van der Waals surface area (Å²) in [6, 6.07) is 0. The predicted octanol–water partition coefficient (Wildman–Crippen LogP) is 2.61. The summed E-state index contributed by atoms with van der Waals surface area (Å²) < 4.78 is 2.08. The lowest BCUT2D eigenvalue weighted by molar-refractivity contribution is 0.280. The lowest BCUT2D eigenvalue weighted by atomic mass is 9.96. The fourth-order valence-electron chi connectivity index (χ4n) is 1.31. The van der Waals surface area contributed by atoms with Gasteiger partial charge in [0.25, 0.3) is 0 Å². The van der Waals surface area contributed by atoms with Gasteiger partial charge in [0, 0.05) is 22.9 Å². The molecule has 0 amide bonds.